The highest BCUT2D eigenvalue weighted by Crippen LogP contribution is 2.44. The van der Waals surface area contributed by atoms with Gasteiger partial charge in [0, 0.05) is 33.2 Å². The van der Waals surface area contributed by atoms with Gasteiger partial charge in [0.25, 0.3) is 0 Å². The van der Waals surface area contributed by atoms with Gasteiger partial charge in [0.05, 0.1) is 16.7 Å². The number of rotatable bonds is 7. The maximum atomic E-state index is 2.48. The Labute approximate surface area is 316 Å². The highest BCUT2D eigenvalue weighted by Gasteiger charge is 2.24. The summed E-state index contributed by atoms with van der Waals surface area (Å²) in [6.45, 7) is 0. The van der Waals surface area contributed by atoms with E-state index < -0.39 is 0 Å². The summed E-state index contributed by atoms with van der Waals surface area (Å²) < 4.78 is 2.41. The summed E-state index contributed by atoms with van der Waals surface area (Å²) >= 11 is 0. The van der Waals surface area contributed by atoms with Crippen molar-refractivity contribution < 1.29 is 0 Å². The van der Waals surface area contributed by atoms with E-state index >= 15 is 0 Å². The number of benzene rings is 8. The quantitative estimate of drug-likeness (QED) is 0.162. The first-order valence-electron chi connectivity index (χ1n) is 18.8. The van der Waals surface area contributed by atoms with Crippen LogP contribution in [-0.4, -0.2) is 4.57 Å². The lowest BCUT2D eigenvalue weighted by Gasteiger charge is -2.32. The molecule has 54 heavy (non-hydrogen) atoms. The number of allylic oxidation sites excluding steroid dienone is 3. The lowest BCUT2D eigenvalue weighted by atomic mass is 9.88. The third kappa shape index (κ3) is 5.52. The van der Waals surface area contributed by atoms with Gasteiger partial charge in [0.15, 0.2) is 0 Å². The third-order valence-electron chi connectivity index (χ3n) is 10.9. The summed E-state index contributed by atoms with van der Waals surface area (Å²) in [5.74, 6) is 0. The van der Waals surface area contributed by atoms with Crippen LogP contribution in [0, 0.1) is 0 Å². The minimum atomic E-state index is 0.943. The molecule has 0 N–H and O–H groups in total. The van der Waals surface area contributed by atoms with E-state index in [2.05, 4.69) is 216 Å². The van der Waals surface area contributed by atoms with Crippen molar-refractivity contribution in [1.29, 1.82) is 0 Å². The average Bonchev–Trinajstić information content (AvgIpc) is 3.58. The van der Waals surface area contributed by atoms with Crippen LogP contribution < -0.4 is 4.90 Å². The summed E-state index contributed by atoms with van der Waals surface area (Å²) in [5.41, 5.74) is 14.6. The Balaban J connectivity index is 1.18. The molecule has 1 aliphatic rings. The maximum Gasteiger partial charge on any atom is 0.0547 e. The topological polar surface area (TPSA) is 8.17 Å². The van der Waals surface area contributed by atoms with Gasteiger partial charge in [-0.3, -0.25) is 0 Å². The van der Waals surface area contributed by atoms with Gasteiger partial charge in [-0.25, -0.2) is 0 Å². The monoisotopic (exact) mass is 690 g/mol. The molecule has 0 spiro atoms. The molecule has 8 aromatic carbocycles. The lowest BCUT2D eigenvalue weighted by molar-refractivity contribution is 1.02. The molecule has 2 nitrogen and oxygen atoms in total. The Kier molecular flexibility index (Phi) is 8.00. The molecule has 0 saturated carbocycles. The Bertz CT molecular complexity index is 2850. The standard InChI is InChI=1S/C52H38N2/c1-3-16-37(17-4-1)38-30-33-42(34-31-38)53(49-29-15-19-39-18-7-8-23-44(39)49)50-27-13-11-25-46(50)45-24-10-9-22-43(45)40-32-35-48-47-26-12-14-28-51(47)54(52(48)36-40)41-20-5-2-6-21-41/h1-10,12-24,26-36H,11,25H2. The molecule has 1 aliphatic carbocycles. The zero-order valence-corrected chi connectivity index (χ0v) is 29.9. The largest absolute Gasteiger partial charge is 0.310 e. The van der Waals surface area contributed by atoms with E-state index in [1.807, 2.05) is 0 Å². The van der Waals surface area contributed by atoms with Gasteiger partial charge < -0.3 is 9.47 Å². The van der Waals surface area contributed by atoms with Crippen LogP contribution in [0.3, 0.4) is 0 Å². The van der Waals surface area contributed by atoms with Gasteiger partial charge in [-0.1, -0.05) is 158 Å². The second-order valence-corrected chi connectivity index (χ2v) is 14.0. The number of aromatic nitrogens is 1. The predicted molar refractivity (Wildman–Crippen MR) is 229 cm³/mol. The zero-order valence-electron chi connectivity index (χ0n) is 29.9. The molecule has 1 heterocycles. The summed E-state index contributed by atoms with van der Waals surface area (Å²) in [6.07, 6.45) is 6.62. The smallest absolute Gasteiger partial charge is 0.0547 e. The van der Waals surface area contributed by atoms with Gasteiger partial charge in [0.2, 0.25) is 0 Å². The molecule has 256 valence electrons. The molecule has 0 saturated heterocycles. The molecule has 0 bridgehead atoms. The van der Waals surface area contributed by atoms with Crippen molar-refractivity contribution in [2.75, 3.05) is 4.90 Å². The first-order valence-corrected chi connectivity index (χ1v) is 18.8. The number of fused-ring (bicyclic) bond motifs is 4. The highest BCUT2D eigenvalue weighted by molar-refractivity contribution is 6.10. The normalized spacial score (nSPS) is 12.9. The van der Waals surface area contributed by atoms with E-state index in [0.29, 0.717) is 0 Å². The Morgan fingerprint density at radius 3 is 1.91 bits per heavy atom. The summed E-state index contributed by atoms with van der Waals surface area (Å²) in [5, 5.41) is 4.98. The third-order valence-corrected chi connectivity index (χ3v) is 10.9. The van der Waals surface area contributed by atoms with Crippen molar-refractivity contribution in [1.82, 2.24) is 4.57 Å². The molecule has 0 radical (unpaired) electrons. The SMILES string of the molecule is C1=CC(N(c2ccc(-c3ccccc3)cc2)c2cccc3ccccc23)=C(c2ccccc2-c2ccc3c4ccccc4n(-c4ccccc4)c3c2)CC1. The van der Waals surface area contributed by atoms with Gasteiger partial charge in [-0.2, -0.15) is 0 Å². The van der Waals surface area contributed by atoms with Crippen LogP contribution >= 0.6 is 0 Å². The van der Waals surface area contributed by atoms with Crippen molar-refractivity contribution >= 4 is 49.5 Å². The maximum absolute atomic E-state index is 2.48. The average molecular weight is 691 g/mol. The van der Waals surface area contributed by atoms with E-state index in [9.17, 15) is 0 Å². The van der Waals surface area contributed by atoms with Crippen molar-refractivity contribution in [3.8, 4) is 27.9 Å². The minimum Gasteiger partial charge on any atom is -0.310 e. The Hall–Kier alpha value is -6.90. The summed E-state index contributed by atoms with van der Waals surface area (Å²) in [7, 11) is 0. The predicted octanol–water partition coefficient (Wildman–Crippen LogP) is 14.2. The number of para-hydroxylation sites is 2. The molecule has 0 aliphatic heterocycles. The highest BCUT2D eigenvalue weighted by atomic mass is 15.2. The molecule has 0 fully saturated rings. The minimum absolute atomic E-state index is 0.943. The second-order valence-electron chi connectivity index (χ2n) is 14.0. The fraction of sp³-hybridized carbons (Fsp3) is 0.0385. The van der Waals surface area contributed by atoms with Gasteiger partial charge in [0.1, 0.15) is 0 Å². The van der Waals surface area contributed by atoms with E-state index in [1.54, 1.807) is 0 Å². The van der Waals surface area contributed by atoms with Crippen molar-refractivity contribution in [2.24, 2.45) is 0 Å². The molecule has 10 rings (SSSR count). The second kappa shape index (κ2) is 13.6. The molecule has 2 heteroatoms. The fourth-order valence-electron chi connectivity index (χ4n) is 8.37. The van der Waals surface area contributed by atoms with Crippen LogP contribution in [0.1, 0.15) is 18.4 Å². The summed E-state index contributed by atoms with van der Waals surface area (Å²) in [4.78, 5) is 2.48. The van der Waals surface area contributed by atoms with E-state index in [-0.39, 0.29) is 0 Å². The van der Waals surface area contributed by atoms with E-state index in [4.69, 9.17) is 0 Å². The van der Waals surface area contributed by atoms with Gasteiger partial charge in [-0.15, -0.1) is 0 Å². The van der Waals surface area contributed by atoms with E-state index in [1.165, 1.54) is 83.0 Å². The first-order chi connectivity index (χ1) is 26.8. The van der Waals surface area contributed by atoms with Crippen molar-refractivity contribution in [2.45, 2.75) is 12.8 Å². The van der Waals surface area contributed by atoms with Crippen LogP contribution in [0.5, 0.6) is 0 Å². The van der Waals surface area contributed by atoms with Crippen LogP contribution in [0.25, 0.3) is 66.1 Å². The molecule has 0 amide bonds. The van der Waals surface area contributed by atoms with E-state index in [0.717, 1.165) is 18.5 Å². The molecular weight excluding hydrogens is 653 g/mol. The molecule has 9 aromatic rings. The zero-order chi connectivity index (χ0) is 35.8. The number of anilines is 2. The van der Waals surface area contributed by atoms with Gasteiger partial charge in [-0.05, 0) is 100 Å². The number of hydrogen-bond acceptors (Lipinski definition) is 1. The van der Waals surface area contributed by atoms with Crippen molar-refractivity contribution in [3.05, 3.63) is 218 Å². The molecule has 0 atom stereocenters. The molecule has 0 unspecified atom stereocenters. The Morgan fingerprint density at radius 2 is 1.07 bits per heavy atom. The van der Waals surface area contributed by atoms with Crippen LogP contribution in [0.4, 0.5) is 11.4 Å². The lowest BCUT2D eigenvalue weighted by Crippen LogP contribution is -2.19. The van der Waals surface area contributed by atoms with Crippen LogP contribution in [0.15, 0.2) is 212 Å². The molecule has 1 aromatic heterocycles. The van der Waals surface area contributed by atoms with Crippen LogP contribution in [-0.2, 0) is 0 Å². The van der Waals surface area contributed by atoms with Crippen LogP contribution in [0.2, 0.25) is 0 Å². The fourth-order valence-corrected chi connectivity index (χ4v) is 8.37. The van der Waals surface area contributed by atoms with Crippen molar-refractivity contribution in [3.63, 3.8) is 0 Å². The first kappa shape index (κ1) is 31.8. The van der Waals surface area contributed by atoms with Gasteiger partial charge >= 0.3 is 0 Å². The number of nitrogens with zero attached hydrogens (tertiary/aromatic N) is 2. The number of hydrogen-bond donors (Lipinski definition) is 0. The Morgan fingerprint density at radius 1 is 0.444 bits per heavy atom. The molecular formula is C52H38N2. The summed E-state index contributed by atoms with van der Waals surface area (Å²) in [6, 6.07) is 70.6.